The molecule has 21 heavy (non-hydrogen) atoms. The fraction of sp³-hybridized carbons (Fsp3) is 0.0625. The van der Waals surface area contributed by atoms with Crippen molar-refractivity contribution in [2.24, 2.45) is 0 Å². The first-order chi connectivity index (χ1) is 10.1. The Kier molecular flexibility index (Phi) is 4.85. The molecule has 108 valence electrons. The smallest absolute Gasteiger partial charge is 0.255 e. The fourth-order valence-electron chi connectivity index (χ4n) is 1.66. The lowest BCUT2D eigenvalue weighted by Crippen LogP contribution is -2.11. The van der Waals surface area contributed by atoms with E-state index in [0.29, 0.717) is 22.9 Å². The average molecular weight is 304 g/mol. The molecule has 0 fully saturated rings. The van der Waals surface area contributed by atoms with Crippen LogP contribution in [0.2, 0.25) is 5.02 Å². The Morgan fingerprint density at radius 2 is 2.00 bits per heavy atom. The summed E-state index contributed by atoms with van der Waals surface area (Å²) in [6, 6.07) is 11.1. The van der Waals surface area contributed by atoms with Gasteiger partial charge in [0.15, 0.2) is 0 Å². The summed E-state index contributed by atoms with van der Waals surface area (Å²) in [5.41, 5.74) is 0.708. The van der Waals surface area contributed by atoms with Gasteiger partial charge in [0.2, 0.25) is 0 Å². The number of carbonyl (C=O) groups excluding carboxylic acids is 1. The first-order valence-electron chi connectivity index (χ1n) is 6.24. The second kappa shape index (κ2) is 6.81. The molecular weight excluding hydrogens is 290 g/mol. The molecule has 5 heteroatoms. The molecule has 0 aromatic heterocycles. The van der Waals surface area contributed by atoms with Crippen LogP contribution in [-0.4, -0.2) is 17.6 Å². The van der Waals surface area contributed by atoms with Crippen LogP contribution in [0.25, 0.3) is 0 Å². The predicted molar refractivity (Wildman–Crippen MR) is 83.2 cm³/mol. The number of amides is 1. The summed E-state index contributed by atoms with van der Waals surface area (Å²) in [4.78, 5) is 12.1. The molecule has 0 heterocycles. The zero-order valence-corrected chi connectivity index (χ0v) is 11.9. The average Bonchev–Trinajstić information content (AvgIpc) is 2.49. The highest BCUT2D eigenvalue weighted by atomic mass is 35.5. The van der Waals surface area contributed by atoms with Gasteiger partial charge in [-0.15, -0.1) is 0 Å². The van der Waals surface area contributed by atoms with E-state index >= 15 is 0 Å². The summed E-state index contributed by atoms with van der Waals surface area (Å²) in [6.45, 7) is 3.96. The number of aromatic hydroxyl groups is 1. The minimum atomic E-state index is -0.345. The van der Waals surface area contributed by atoms with Crippen LogP contribution in [0.1, 0.15) is 10.4 Å². The van der Waals surface area contributed by atoms with Crippen molar-refractivity contribution in [1.82, 2.24) is 0 Å². The molecule has 2 rings (SSSR count). The number of halogens is 1. The maximum absolute atomic E-state index is 12.1. The van der Waals surface area contributed by atoms with Crippen LogP contribution >= 0.6 is 11.6 Å². The van der Waals surface area contributed by atoms with Crippen molar-refractivity contribution in [1.29, 1.82) is 0 Å². The molecule has 0 aliphatic heterocycles. The Morgan fingerprint density at radius 1 is 1.29 bits per heavy atom. The molecule has 0 unspecified atom stereocenters. The minimum Gasteiger partial charge on any atom is -0.506 e. The number of benzene rings is 2. The normalized spacial score (nSPS) is 9.95. The maximum atomic E-state index is 12.1. The Hall–Kier alpha value is -2.46. The number of ether oxygens (including phenoxy) is 1. The van der Waals surface area contributed by atoms with Crippen molar-refractivity contribution in [3.8, 4) is 11.5 Å². The van der Waals surface area contributed by atoms with Crippen LogP contribution in [0.15, 0.2) is 55.1 Å². The van der Waals surface area contributed by atoms with Gasteiger partial charge in [-0.1, -0.05) is 24.3 Å². The summed E-state index contributed by atoms with van der Waals surface area (Å²) in [7, 11) is 0. The van der Waals surface area contributed by atoms with Crippen molar-refractivity contribution in [3.63, 3.8) is 0 Å². The van der Waals surface area contributed by atoms with Crippen LogP contribution < -0.4 is 10.1 Å². The monoisotopic (exact) mass is 303 g/mol. The first-order valence-corrected chi connectivity index (χ1v) is 6.61. The van der Waals surface area contributed by atoms with E-state index in [0.717, 1.165) is 0 Å². The van der Waals surface area contributed by atoms with Crippen molar-refractivity contribution >= 4 is 23.2 Å². The summed E-state index contributed by atoms with van der Waals surface area (Å²) in [5, 5.41) is 12.7. The first kappa shape index (κ1) is 14.9. The van der Waals surface area contributed by atoms with E-state index in [1.54, 1.807) is 30.3 Å². The van der Waals surface area contributed by atoms with E-state index < -0.39 is 0 Å². The van der Waals surface area contributed by atoms with Gasteiger partial charge in [-0.2, -0.15) is 0 Å². The zero-order chi connectivity index (χ0) is 15.2. The third-order valence-electron chi connectivity index (χ3n) is 2.69. The quantitative estimate of drug-likeness (QED) is 0.651. The number of nitrogens with one attached hydrogen (secondary N) is 1. The predicted octanol–water partition coefficient (Wildman–Crippen LogP) is 3.86. The second-order valence-corrected chi connectivity index (χ2v) is 4.68. The Morgan fingerprint density at radius 3 is 2.67 bits per heavy atom. The summed E-state index contributed by atoms with van der Waals surface area (Å²) < 4.78 is 5.34. The molecule has 0 radical (unpaired) electrons. The number of phenols is 1. The van der Waals surface area contributed by atoms with Gasteiger partial charge in [-0.25, -0.2) is 0 Å². The number of hydrogen-bond acceptors (Lipinski definition) is 3. The van der Waals surface area contributed by atoms with E-state index in [-0.39, 0.29) is 17.3 Å². The van der Waals surface area contributed by atoms with Gasteiger partial charge in [-0.05, 0) is 42.5 Å². The third kappa shape index (κ3) is 4.00. The van der Waals surface area contributed by atoms with Gasteiger partial charge in [-0.3, -0.25) is 4.79 Å². The molecule has 4 nitrogen and oxygen atoms in total. The molecule has 2 N–H and O–H groups in total. The molecule has 0 saturated carbocycles. The van der Waals surface area contributed by atoms with E-state index in [4.69, 9.17) is 16.3 Å². The van der Waals surface area contributed by atoms with E-state index in [1.807, 2.05) is 0 Å². The zero-order valence-electron chi connectivity index (χ0n) is 11.2. The minimum absolute atomic E-state index is 0.0429. The lowest BCUT2D eigenvalue weighted by molar-refractivity contribution is 0.102. The number of anilines is 1. The highest BCUT2D eigenvalue weighted by molar-refractivity contribution is 6.31. The highest BCUT2D eigenvalue weighted by Gasteiger charge is 2.09. The standard InChI is InChI=1S/C16H14ClNO3/c1-2-9-21-13-6-3-11(4-7-13)16(20)18-14-10-12(17)5-8-15(14)19/h2-8,10,19H,1,9H2,(H,18,20). The highest BCUT2D eigenvalue weighted by Crippen LogP contribution is 2.27. The van der Waals surface area contributed by atoms with Gasteiger partial charge >= 0.3 is 0 Å². The van der Waals surface area contributed by atoms with E-state index in [9.17, 15) is 9.90 Å². The SMILES string of the molecule is C=CCOc1ccc(C(=O)Nc2cc(Cl)ccc2O)cc1. The van der Waals surface area contributed by atoms with Crippen molar-refractivity contribution in [2.45, 2.75) is 0 Å². The summed E-state index contributed by atoms with van der Waals surface area (Å²) >= 11 is 5.83. The number of phenolic OH excluding ortho intramolecular Hbond substituents is 1. The molecule has 0 aliphatic carbocycles. The number of hydrogen-bond donors (Lipinski definition) is 2. The molecule has 0 atom stereocenters. The Bertz CT molecular complexity index is 653. The van der Waals surface area contributed by atoms with E-state index in [1.165, 1.54) is 18.2 Å². The largest absolute Gasteiger partial charge is 0.506 e. The van der Waals surface area contributed by atoms with E-state index in [2.05, 4.69) is 11.9 Å². The third-order valence-corrected chi connectivity index (χ3v) is 2.93. The molecule has 1 amide bonds. The number of carbonyl (C=O) groups is 1. The van der Waals surface area contributed by atoms with Crippen molar-refractivity contribution < 1.29 is 14.6 Å². The van der Waals surface area contributed by atoms with Crippen molar-refractivity contribution in [3.05, 3.63) is 65.7 Å². The topological polar surface area (TPSA) is 58.6 Å². The Balaban J connectivity index is 2.09. The second-order valence-electron chi connectivity index (χ2n) is 4.24. The molecule has 0 bridgehead atoms. The van der Waals surface area contributed by atoms with Crippen LogP contribution in [0.3, 0.4) is 0 Å². The lowest BCUT2D eigenvalue weighted by atomic mass is 10.2. The van der Waals surface area contributed by atoms with Crippen molar-refractivity contribution in [2.75, 3.05) is 11.9 Å². The van der Waals surface area contributed by atoms with Gasteiger partial charge in [0.05, 0.1) is 5.69 Å². The Labute approximate surface area is 127 Å². The molecule has 0 spiro atoms. The molecular formula is C16H14ClNO3. The maximum Gasteiger partial charge on any atom is 0.255 e. The molecule has 0 saturated heterocycles. The fourth-order valence-corrected chi connectivity index (χ4v) is 1.83. The molecule has 2 aromatic carbocycles. The van der Waals surface area contributed by atoms with Crippen LogP contribution in [0, 0.1) is 0 Å². The summed E-state index contributed by atoms with van der Waals surface area (Å²) in [5.74, 6) is 0.263. The van der Waals surface area contributed by atoms with Gasteiger partial charge < -0.3 is 15.2 Å². The van der Waals surface area contributed by atoms with Crippen LogP contribution in [-0.2, 0) is 0 Å². The molecule has 0 aliphatic rings. The van der Waals surface area contributed by atoms with Gasteiger partial charge in [0, 0.05) is 10.6 Å². The lowest BCUT2D eigenvalue weighted by Gasteiger charge is -2.08. The van der Waals surface area contributed by atoms with Crippen LogP contribution in [0.5, 0.6) is 11.5 Å². The van der Waals surface area contributed by atoms with Gasteiger partial charge in [0.25, 0.3) is 5.91 Å². The molecule has 2 aromatic rings. The van der Waals surface area contributed by atoms with Gasteiger partial charge in [0.1, 0.15) is 18.1 Å². The van der Waals surface area contributed by atoms with Crippen LogP contribution in [0.4, 0.5) is 5.69 Å². The summed E-state index contributed by atoms with van der Waals surface area (Å²) in [6.07, 6.45) is 1.64. The number of rotatable bonds is 5.